The number of fused-ring (bicyclic) bond motifs is 3. The van der Waals surface area contributed by atoms with Crippen molar-refractivity contribution in [1.29, 1.82) is 0 Å². The topological polar surface area (TPSA) is 101 Å². The van der Waals surface area contributed by atoms with Gasteiger partial charge in [0, 0.05) is 35.1 Å². The number of ether oxygens (including phenoxy) is 1. The lowest BCUT2D eigenvalue weighted by molar-refractivity contribution is 0.0303. The summed E-state index contributed by atoms with van der Waals surface area (Å²) in [4.78, 5) is 34.6. The molecule has 9 heteroatoms. The van der Waals surface area contributed by atoms with Crippen LogP contribution < -0.4 is 5.73 Å². The maximum Gasteiger partial charge on any atom is 0.254 e. The fourth-order valence-corrected chi connectivity index (χ4v) is 4.05. The molecule has 32 heavy (non-hydrogen) atoms. The molecule has 5 rings (SSSR count). The lowest BCUT2D eigenvalue weighted by Crippen LogP contribution is -2.40. The Bertz CT molecular complexity index is 1400. The van der Waals surface area contributed by atoms with Crippen molar-refractivity contribution in [3.63, 3.8) is 0 Å². The van der Waals surface area contributed by atoms with Crippen LogP contribution in [0, 0.1) is 5.82 Å². The number of rotatable bonds is 3. The Hall–Kier alpha value is -3.49. The second-order valence-electron chi connectivity index (χ2n) is 7.56. The fraction of sp³-hybridized carbons (Fsp3) is 0.174. The van der Waals surface area contributed by atoms with E-state index in [0.29, 0.717) is 59.7 Å². The molecule has 4 aromatic rings. The van der Waals surface area contributed by atoms with Crippen LogP contribution in [0.2, 0.25) is 5.02 Å². The molecule has 2 aromatic heterocycles. The quantitative estimate of drug-likeness (QED) is 0.494. The molecule has 1 fully saturated rings. The van der Waals surface area contributed by atoms with Gasteiger partial charge in [0.2, 0.25) is 0 Å². The van der Waals surface area contributed by atoms with Gasteiger partial charge in [-0.2, -0.15) is 0 Å². The van der Waals surface area contributed by atoms with Crippen LogP contribution in [0.25, 0.3) is 33.2 Å². The average Bonchev–Trinajstić information content (AvgIpc) is 3.18. The molecule has 1 aliphatic heterocycles. The number of morpholine rings is 1. The van der Waals surface area contributed by atoms with E-state index in [1.807, 2.05) is 0 Å². The Morgan fingerprint density at radius 2 is 1.91 bits per heavy atom. The van der Waals surface area contributed by atoms with E-state index in [2.05, 4.69) is 9.97 Å². The van der Waals surface area contributed by atoms with Crippen LogP contribution in [0.5, 0.6) is 0 Å². The number of halogens is 2. The van der Waals surface area contributed by atoms with E-state index in [1.54, 1.807) is 29.2 Å². The monoisotopic (exact) mass is 452 g/mol. The number of pyridine rings is 1. The maximum atomic E-state index is 14.0. The van der Waals surface area contributed by atoms with Gasteiger partial charge >= 0.3 is 0 Å². The summed E-state index contributed by atoms with van der Waals surface area (Å²) in [6.07, 6.45) is 0. The average molecular weight is 453 g/mol. The summed E-state index contributed by atoms with van der Waals surface area (Å²) < 4.78 is 19.3. The van der Waals surface area contributed by atoms with Crippen molar-refractivity contribution >= 4 is 45.4 Å². The minimum atomic E-state index is -0.649. The first-order chi connectivity index (χ1) is 15.4. The largest absolute Gasteiger partial charge is 0.378 e. The predicted octanol–water partition coefficient (Wildman–Crippen LogP) is 3.75. The number of carbonyl (C=O) groups excluding carboxylic acids is 2. The van der Waals surface area contributed by atoms with Crippen LogP contribution in [0.4, 0.5) is 4.39 Å². The van der Waals surface area contributed by atoms with Crippen molar-refractivity contribution in [3.8, 4) is 11.3 Å². The molecule has 2 aromatic carbocycles. The maximum absolute atomic E-state index is 14.0. The number of nitrogens with one attached hydrogen (secondary N) is 1. The van der Waals surface area contributed by atoms with Gasteiger partial charge < -0.3 is 20.4 Å². The summed E-state index contributed by atoms with van der Waals surface area (Å²) in [6.45, 7) is 2.11. The predicted molar refractivity (Wildman–Crippen MR) is 119 cm³/mol. The van der Waals surface area contributed by atoms with E-state index in [9.17, 15) is 14.0 Å². The van der Waals surface area contributed by atoms with Crippen LogP contribution >= 0.6 is 11.6 Å². The third-order valence-corrected chi connectivity index (χ3v) is 5.89. The molecular weight excluding hydrogens is 435 g/mol. The van der Waals surface area contributed by atoms with Gasteiger partial charge in [0.15, 0.2) is 0 Å². The minimum Gasteiger partial charge on any atom is -0.378 e. The summed E-state index contributed by atoms with van der Waals surface area (Å²) in [7, 11) is 0. The van der Waals surface area contributed by atoms with Crippen LogP contribution in [0.1, 0.15) is 20.7 Å². The molecule has 0 radical (unpaired) electrons. The van der Waals surface area contributed by atoms with Crippen molar-refractivity contribution in [2.75, 3.05) is 26.3 Å². The summed E-state index contributed by atoms with van der Waals surface area (Å²) in [5.41, 5.74) is 8.83. The second-order valence-corrected chi connectivity index (χ2v) is 7.97. The zero-order valence-electron chi connectivity index (χ0n) is 16.8. The number of aromatic nitrogens is 2. The number of benzene rings is 2. The molecule has 2 amide bonds. The molecule has 1 aliphatic rings. The summed E-state index contributed by atoms with van der Waals surface area (Å²) in [5, 5.41) is 0.715. The van der Waals surface area contributed by atoms with Crippen LogP contribution in [-0.4, -0.2) is 53.0 Å². The van der Waals surface area contributed by atoms with Gasteiger partial charge in [-0.15, -0.1) is 0 Å². The number of aromatic amines is 1. The SMILES string of the molecule is NC(=O)c1cc(-c2ccc(Cl)c(F)c2)nc2c1[nH]c1cc(C(=O)N3CCOCC3)ccc12. The number of hydrogen-bond donors (Lipinski definition) is 2. The molecule has 162 valence electrons. The third-order valence-electron chi connectivity index (χ3n) is 5.58. The Balaban J connectivity index is 1.65. The Morgan fingerprint density at radius 1 is 1.12 bits per heavy atom. The molecule has 7 nitrogen and oxygen atoms in total. The number of primary amides is 1. The highest BCUT2D eigenvalue weighted by Crippen LogP contribution is 2.31. The number of amides is 2. The standard InChI is InChI=1S/C23H18ClFN4O3/c24-16-4-2-12(9-17(16)25)18-11-15(22(26)30)21-20(27-18)14-3-1-13(10-19(14)28-21)23(31)29-5-7-32-8-6-29/h1-4,9-11,28H,5-8H2,(H2,26,30). The van der Waals surface area contributed by atoms with Gasteiger partial charge in [-0.3, -0.25) is 9.59 Å². The van der Waals surface area contributed by atoms with Gasteiger partial charge in [0.05, 0.1) is 40.5 Å². The normalized spacial score (nSPS) is 14.2. The summed E-state index contributed by atoms with van der Waals surface area (Å²) in [6, 6.07) is 11.1. The zero-order chi connectivity index (χ0) is 22.4. The number of carbonyl (C=O) groups is 2. The van der Waals surface area contributed by atoms with E-state index in [-0.39, 0.29) is 16.5 Å². The molecule has 3 heterocycles. The second kappa shape index (κ2) is 7.89. The summed E-state index contributed by atoms with van der Waals surface area (Å²) >= 11 is 5.79. The number of hydrogen-bond acceptors (Lipinski definition) is 4. The first-order valence-electron chi connectivity index (χ1n) is 10.0. The van der Waals surface area contributed by atoms with E-state index in [1.165, 1.54) is 18.2 Å². The van der Waals surface area contributed by atoms with Gasteiger partial charge in [0.1, 0.15) is 5.82 Å². The van der Waals surface area contributed by atoms with Crippen LogP contribution in [0.3, 0.4) is 0 Å². The molecule has 0 spiro atoms. The van der Waals surface area contributed by atoms with Gasteiger partial charge in [0.25, 0.3) is 11.8 Å². The molecule has 0 aliphatic carbocycles. The van der Waals surface area contributed by atoms with Crippen molar-refractivity contribution in [1.82, 2.24) is 14.9 Å². The Kier molecular flexibility index (Phi) is 5.03. The van der Waals surface area contributed by atoms with Crippen molar-refractivity contribution in [2.24, 2.45) is 5.73 Å². The van der Waals surface area contributed by atoms with Crippen LogP contribution in [-0.2, 0) is 4.74 Å². The van der Waals surface area contributed by atoms with Crippen molar-refractivity contribution in [3.05, 3.63) is 64.4 Å². The molecule has 3 N–H and O–H groups in total. The molecule has 0 atom stereocenters. The lowest BCUT2D eigenvalue weighted by Gasteiger charge is -2.26. The molecule has 1 saturated heterocycles. The number of nitrogens with two attached hydrogens (primary N) is 1. The molecular formula is C23H18ClFN4O3. The highest BCUT2D eigenvalue weighted by molar-refractivity contribution is 6.30. The van der Waals surface area contributed by atoms with Gasteiger partial charge in [-0.1, -0.05) is 17.7 Å². The highest BCUT2D eigenvalue weighted by atomic mass is 35.5. The van der Waals surface area contributed by atoms with E-state index < -0.39 is 11.7 Å². The van der Waals surface area contributed by atoms with Gasteiger partial charge in [-0.25, -0.2) is 9.37 Å². The lowest BCUT2D eigenvalue weighted by atomic mass is 10.1. The molecule has 0 unspecified atom stereocenters. The van der Waals surface area contributed by atoms with Crippen molar-refractivity contribution in [2.45, 2.75) is 0 Å². The Morgan fingerprint density at radius 3 is 2.62 bits per heavy atom. The first-order valence-corrected chi connectivity index (χ1v) is 10.4. The molecule has 0 saturated carbocycles. The third kappa shape index (κ3) is 3.47. The Labute approximate surface area is 186 Å². The minimum absolute atomic E-state index is 0.00508. The number of H-pyrrole nitrogens is 1. The van der Waals surface area contributed by atoms with E-state index >= 15 is 0 Å². The smallest absolute Gasteiger partial charge is 0.254 e. The van der Waals surface area contributed by atoms with Crippen LogP contribution in [0.15, 0.2) is 42.5 Å². The highest BCUT2D eigenvalue weighted by Gasteiger charge is 2.21. The van der Waals surface area contributed by atoms with E-state index in [0.717, 1.165) is 5.39 Å². The number of nitrogens with zero attached hydrogens (tertiary/aromatic N) is 2. The first kappa shape index (κ1) is 20.4. The zero-order valence-corrected chi connectivity index (χ0v) is 17.6. The van der Waals surface area contributed by atoms with Crippen molar-refractivity contribution < 1.29 is 18.7 Å². The molecule has 0 bridgehead atoms. The van der Waals surface area contributed by atoms with E-state index in [4.69, 9.17) is 22.1 Å². The summed E-state index contributed by atoms with van der Waals surface area (Å²) in [5.74, 6) is -1.32. The van der Waals surface area contributed by atoms with Gasteiger partial charge in [-0.05, 0) is 36.4 Å². The fourth-order valence-electron chi connectivity index (χ4n) is 3.94.